The normalized spacial score (nSPS) is 10.9. The minimum absolute atomic E-state index is 0.0213. The highest BCUT2D eigenvalue weighted by Gasteiger charge is 2.18. The standard InChI is InChI=1S/C19H20N2O5S/c1-13-6-8-17(9-7-13)27(25,26)21-19(24)11-10-18(23)20-16-5-3-4-15(12-16)14(2)22/h3-9,12H,10-11H2,1-2H3,(H,20,23)(H,21,24). The molecule has 0 aliphatic carbocycles. The van der Waals surface area contributed by atoms with Crippen LogP contribution in [0, 0.1) is 6.92 Å². The van der Waals surface area contributed by atoms with Crippen molar-refractivity contribution in [1.82, 2.24) is 4.72 Å². The first-order chi connectivity index (χ1) is 12.7. The van der Waals surface area contributed by atoms with Crippen molar-refractivity contribution < 1.29 is 22.8 Å². The van der Waals surface area contributed by atoms with Gasteiger partial charge >= 0.3 is 0 Å². The maximum Gasteiger partial charge on any atom is 0.264 e. The molecule has 0 saturated carbocycles. The Balaban J connectivity index is 1.89. The molecule has 0 atom stereocenters. The van der Waals surface area contributed by atoms with Crippen LogP contribution in [0.5, 0.6) is 0 Å². The van der Waals surface area contributed by atoms with Crippen LogP contribution in [0.15, 0.2) is 53.4 Å². The van der Waals surface area contributed by atoms with Crippen LogP contribution in [0.1, 0.15) is 35.7 Å². The zero-order chi connectivity index (χ0) is 20.0. The van der Waals surface area contributed by atoms with Crippen molar-refractivity contribution in [2.75, 3.05) is 5.32 Å². The molecule has 2 aromatic carbocycles. The van der Waals surface area contributed by atoms with Crippen molar-refractivity contribution in [3.05, 3.63) is 59.7 Å². The van der Waals surface area contributed by atoms with E-state index in [1.165, 1.54) is 25.1 Å². The second-order valence-corrected chi connectivity index (χ2v) is 7.71. The van der Waals surface area contributed by atoms with Gasteiger partial charge in [0.25, 0.3) is 10.0 Å². The number of anilines is 1. The molecule has 0 bridgehead atoms. The van der Waals surface area contributed by atoms with Crippen LogP contribution in [0.25, 0.3) is 0 Å². The number of carbonyl (C=O) groups is 3. The molecule has 2 N–H and O–H groups in total. The minimum atomic E-state index is -3.97. The molecule has 8 heteroatoms. The van der Waals surface area contributed by atoms with E-state index in [4.69, 9.17) is 0 Å². The topological polar surface area (TPSA) is 109 Å². The largest absolute Gasteiger partial charge is 0.326 e. The van der Waals surface area contributed by atoms with Gasteiger partial charge in [0.15, 0.2) is 5.78 Å². The van der Waals surface area contributed by atoms with Gasteiger partial charge in [-0.1, -0.05) is 29.8 Å². The van der Waals surface area contributed by atoms with E-state index in [0.29, 0.717) is 11.3 Å². The van der Waals surface area contributed by atoms with Crippen LogP contribution in [0.3, 0.4) is 0 Å². The summed E-state index contributed by atoms with van der Waals surface area (Å²) in [6, 6.07) is 12.5. The summed E-state index contributed by atoms with van der Waals surface area (Å²) >= 11 is 0. The van der Waals surface area contributed by atoms with Crippen molar-refractivity contribution in [3.63, 3.8) is 0 Å². The molecule has 0 saturated heterocycles. The molecule has 0 unspecified atom stereocenters. The van der Waals surface area contributed by atoms with E-state index in [0.717, 1.165) is 5.56 Å². The van der Waals surface area contributed by atoms with Gasteiger partial charge in [0.1, 0.15) is 0 Å². The lowest BCUT2D eigenvalue weighted by molar-refractivity contribution is -0.123. The molecule has 0 fully saturated rings. The number of hydrogen-bond donors (Lipinski definition) is 2. The van der Waals surface area contributed by atoms with E-state index in [2.05, 4.69) is 5.32 Å². The quantitative estimate of drug-likeness (QED) is 0.708. The van der Waals surface area contributed by atoms with Gasteiger partial charge in [0.2, 0.25) is 11.8 Å². The van der Waals surface area contributed by atoms with Gasteiger partial charge in [0.05, 0.1) is 4.90 Å². The summed E-state index contributed by atoms with van der Waals surface area (Å²) in [7, 11) is -3.97. The highest BCUT2D eigenvalue weighted by atomic mass is 32.2. The zero-order valence-corrected chi connectivity index (χ0v) is 15.8. The maximum absolute atomic E-state index is 12.1. The average molecular weight is 388 g/mol. The van der Waals surface area contributed by atoms with Crippen molar-refractivity contribution in [1.29, 1.82) is 0 Å². The number of amides is 2. The molecule has 2 amide bonds. The third-order valence-corrected chi connectivity index (χ3v) is 5.10. The van der Waals surface area contributed by atoms with E-state index in [9.17, 15) is 22.8 Å². The van der Waals surface area contributed by atoms with E-state index in [-0.39, 0.29) is 23.5 Å². The van der Waals surface area contributed by atoms with Crippen LogP contribution in [0.4, 0.5) is 5.69 Å². The number of aryl methyl sites for hydroxylation is 1. The van der Waals surface area contributed by atoms with E-state index >= 15 is 0 Å². The minimum Gasteiger partial charge on any atom is -0.326 e. The summed E-state index contributed by atoms with van der Waals surface area (Å²) in [6.07, 6.45) is -0.483. The fourth-order valence-corrected chi connectivity index (χ4v) is 3.26. The molecule has 27 heavy (non-hydrogen) atoms. The summed E-state index contributed by atoms with van der Waals surface area (Å²) in [5.74, 6) is -1.37. The first kappa shape index (κ1) is 20.3. The lowest BCUT2D eigenvalue weighted by atomic mass is 10.1. The van der Waals surface area contributed by atoms with Crippen molar-refractivity contribution in [2.24, 2.45) is 0 Å². The lowest BCUT2D eigenvalue weighted by Crippen LogP contribution is -2.31. The molecule has 2 aromatic rings. The summed E-state index contributed by atoms with van der Waals surface area (Å²) in [4.78, 5) is 35.2. The van der Waals surface area contributed by atoms with E-state index < -0.39 is 21.8 Å². The lowest BCUT2D eigenvalue weighted by Gasteiger charge is -2.08. The number of benzene rings is 2. The summed E-state index contributed by atoms with van der Waals surface area (Å²) < 4.78 is 26.2. The Labute approximate surface area is 157 Å². The molecule has 142 valence electrons. The third-order valence-electron chi connectivity index (χ3n) is 3.71. The number of carbonyl (C=O) groups excluding carboxylic acids is 3. The molecular formula is C19H20N2O5S. The molecule has 0 radical (unpaired) electrons. The smallest absolute Gasteiger partial charge is 0.264 e. The Morgan fingerprint density at radius 1 is 0.926 bits per heavy atom. The maximum atomic E-state index is 12.1. The highest BCUT2D eigenvalue weighted by molar-refractivity contribution is 7.90. The summed E-state index contributed by atoms with van der Waals surface area (Å²) in [5, 5.41) is 2.57. The van der Waals surface area contributed by atoms with Gasteiger partial charge in [-0.25, -0.2) is 13.1 Å². The van der Waals surface area contributed by atoms with Gasteiger partial charge in [-0.15, -0.1) is 0 Å². The summed E-state index contributed by atoms with van der Waals surface area (Å²) in [6.45, 7) is 3.24. The average Bonchev–Trinajstić information content (AvgIpc) is 2.60. The molecule has 0 aliphatic heterocycles. The van der Waals surface area contributed by atoms with Crippen LogP contribution in [-0.2, 0) is 19.6 Å². The van der Waals surface area contributed by atoms with Gasteiger partial charge in [-0.05, 0) is 38.1 Å². The Morgan fingerprint density at radius 3 is 2.19 bits per heavy atom. The fraction of sp³-hybridized carbons (Fsp3) is 0.211. The molecular weight excluding hydrogens is 368 g/mol. The van der Waals surface area contributed by atoms with Gasteiger partial charge in [-0.2, -0.15) is 0 Å². The zero-order valence-electron chi connectivity index (χ0n) is 15.0. The third kappa shape index (κ3) is 6.03. The number of rotatable bonds is 7. The molecule has 0 aromatic heterocycles. The fourth-order valence-electron chi connectivity index (χ4n) is 2.24. The molecule has 7 nitrogen and oxygen atoms in total. The number of ketones is 1. The van der Waals surface area contributed by atoms with Crippen LogP contribution in [0.2, 0.25) is 0 Å². The van der Waals surface area contributed by atoms with E-state index in [1.807, 2.05) is 11.6 Å². The SMILES string of the molecule is CC(=O)c1cccc(NC(=O)CCC(=O)NS(=O)(=O)c2ccc(C)cc2)c1. The predicted octanol–water partition coefficient (Wildman–Crippen LogP) is 2.42. The Bertz CT molecular complexity index is 966. The Morgan fingerprint density at radius 2 is 1.56 bits per heavy atom. The molecule has 2 rings (SSSR count). The highest BCUT2D eigenvalue weighted by Crippen LogP contribution is 2.13. The number of hydrogen-bond acceptors (Lipinski definition) is 5. The number of nitrogens with one attached hydrogen (secondary N) is 2. The van der Waals surface area contributed by atoms with Crippen LogP contribution < -0.4 is 10.0 Å². The molecule has 0 aliphatic rings. The second kappa shape index (κ2) is 8.59. The van der Waals surface area contributed by atoms with Gasteiger partial charge in [-0.3, -0.25) is 14.4 Å². The number of Topliss-reactive ketones (excluding diaryl/α,β-unsaturated/α-hetero) is 1. The number of sulfonamides is 1. The van der Waals surface area contributed by atoms with Gasteiger partial charge in [0, 0.05) is 24.1 Å². The van der Waals surface area contributed by atoms with Crippen LogP contribution in [-0.4, -0.2) is 26.0 Å². The molecule has 0 heterocycles. The Kier molecular flexibility index (Phi) is 6.46. The predicted molar refractivity (Wildman–Crippen MR) is 101 cm³/mol. The first-order valence-electron chi connectivity index (χ1n) is 8.20. The second-order valence-electron chi connectivity index (χ2n) is 6.03. The van der Waals surface area contributed by atoms with Gasteiger partial charge < -0.3 is 5.32 Å². The molecule has 0 spiro atoms. The first-order valence-corrected chi connectivity index (χ1v) is 9.69. The van der Waals surface area contributed by atoms with Crippen molar-refractivity contribution in [2.45, 2.75) is 31.6 Å². The van der Waals surface area contributed by atoms with Crippen molar-refractivity contribution >= 4 is 33.3 Å². The summed E-state index contributed by atoms with van der Waals surface area (Å²) in [5.41, 5.74) is 1.78. The van der Waals surface area contributed by atoms with Crippen LogP contribution >= 0.6 is 0 Å². The monoisotopic (exact) mass is 388 g/mol. The van der Waals surface area contributed by atoms with E-state index in [1.54, 1.807) is 30.3 Å². The Hall–Kier alpha value is -3.00. The van der Waals surface area contributed by atoms with Crippen molar-refractivity contribution in [3.8, 4) is 0 Å².